The van der Waals surface area contributed by atoms with E-state index in [1.54, 1.807) is 53.6 Å². The number of anilines is 1. The molecular formula is C30H35N3O6. The number of carbonyl (C=O) groups excluding carboxylic acids is 4. The van der Waals surface area contributed by atoms with E-state index in [0.29, 0.717) is 41.3 Å². The van der Waals surface area contributed by atoms with Gasteiger partial charge < -0.3 is 24.3 Å². The van der Waals surface area contributed by atoms with Crippen molar-refractivity contribution in [3.05, 3.63) is 60.3 Å². The van der Waals surface area contributed by atoms with Crippen LogP contribution in [0.3, 0.4) is 0 Å². The normalized spacial score (nSPS) is 13.5. The summed E-state index contributed by atoms with van der Waals surface area (Å²) in [6, 6.07) is 14.1. The van der Waals surface area contributed by atoms with Crippen molar-refractivity contribution in [1.29, 1.82) is 0 Å². The van der Waals surface area contributed by atoms with Crippen molar-refractivity contribution >= 4 is 40.2 Å². The monoisotopic (exact) mass is 533 g/mol. The van der Waals surface area contributed by atoms with Crippen LogP contribution in [-0.2, 0) is 25.7 Å². The number of benzene rings is 2. The van der Waals surface area contributed by atoms with Crippen LogP contribution in [0.4, 0.5) is 5.69 Å². The second-order valence-electron chi connectivity index (χ2n) is 9.79. The summed E-state index contributed by atoms with van der Waals surface area (Å²) in [5.74, 6) is -1.00. The number of amides is 2. The van der Waals surface area contributed by atoms with Crippen LogP contribution >= 0.6 is 0 Å². The van der Waals surface area contributed by atoms with E-state index < -0.39 is 23.8 Å². The Hall–Kier alpha value is -4.14. The lowest BCUT2D eigenvalue weighted by atomic mass is 10.1. The molecule has 0 radical (unpaired) electrons. The third-order valence-electron chi connectivity index (χ3n) is 6.57. The average Bonchev–Trinajstić information content (AvgIpc) is 3.68. The van der Waals surface area contributed by atoms with E-state index in [-0.39, 0.29) is 24.6 Å². The summed E-state index contributed by atoms with van der Waals surface area (Å²) in [6.45, 7) is 6.53. The SMILES string of the molecule is CCCN(CC1CC1)C(=O)C(=O)c1cn(CC(=O)OCC)c2ccc(NC(=O)C(C)Oc3ccccc3)cc12. The maximum Gasteiger partial charge on any atom is 0.325 e. The predicted octanol–water partition coefficient (Wildman–Crippen LogP) is 4.44. The van der Waals surface area contributed by atoms with Crippen LogP contribution in [0, 0.1) is 5.92 Å². The molecule has 4 rings (SSSR count). The minimum absolute atomic E-state index is 0.111. The number of aromatic nitrogens is 1. The molecule has 1 aromatic heterocycles. The van der Waals surface area contributed by atoms with Gasteiger partial charge in [0.05, 0.1) is 12.2 Å². The van der Waals surface area contributed by atoms with Crippen LogP contribution in [-0.4, -0.2) is 58.8 Å². The number of Topliss-reactive ketones (excluding diaryl/α,β-unsaturated/α-hetero) is 1. The molecule has 2 aromatic carbocycles. The number of rotatable bonds is 13. The highest BCUT2D eigenvalue weighted by Crippen LogP contribution is 2.31. The summed E-state index contributed by atoms with van der Waals surface area (Å²) in [4.78, 5) is 53.5. The molecule has 1 aliphatic rings. The van der Waals surface area contributed by atoms with E-state index in [4.69, 9.17) is 9.47 Å². The van der Waals surface area contributed by atoms with Crippen molar-refractivity contribution < 1.29 is 28.7 Å². The Morgan fingerprint density at radius 1 is 1.08 bits per heavy atom. The number of esters is 1. The van der Waals surface area contributed by atoms with E-state index in [1.807, 2.05) is 25.1 Å². The van der Waals surface area contributed by atoms with Gasteiger partial charge in [0, 0.05) is 35.9 Å². The zero-order valence-corrected chi connectivity index (χ0v) is 22.6. The minimum atomic E-state index is -0.774. The van der Waals surface area contributed by atoms with Crippen LogP contribution in [0.2, 0.25) is 0 Å². The minimum Gasteiger partial charge on any atom is -0.481 e. The van der Waals surface area contributed by atoms with Gasteiger partial charge in [-0.2, -0.15) is 0 Å². The fourth-order valence-electron chi connectivity index (χ4n) is 4.45. The highest BCUT2D eigenvalue weighted by Gasteiger charge is 2.31. The molecule has 1 aliphatic carbocycles. The summed E-state index contributed by atoms with van der Waals surface area (Å²) in [5, 5.41) is 3.29. The summed E-state index contributed by atoms with van der Waals surface area (Å²) in [7, 11) is 0. The Labute approximate surface area is 228 Å². The highest BCUT2D eigenvalue weighted by atomic mass is 16.5. The van der Waals surface area contributed by atoms with Crippen molar-refractivity contribution in [2.75, 3.05) is 25.0 Å². The van der Waals surface area contributed by atoms with Crippen molar-refractivity contribution in [2.45, 2.75) is 52.7 Å². The molecule has 0 saturated heterocycles. The Morgan fingerprint density at radius 2 is 1.82 bits per heavy atom. The first kappa shape index (κ1) is 27.9. The van der Waals surface area contributed by atoms with Crippen LogP contribution in [0.1, 0.15) is 50.4 Å². The lowest BCUT2D eigenvalue weighted by Crippen LogP contribution is -2.38. The average molecular weight is 534 g/mol. The van der Waals surface area contributed by atoms with E-state index in [1.165, 1.54) is 6.20 Å². The van der Waals surface area contributed by atoms with Gasteiger partial charge in [0.2, 0.25) is 0 Å². The summed E-state index contributed by atoms with van der Waals surface area (Å²) in [5.41, 5.74) is 1.20. The van der Waals surface area contributed by atoms with Gasteiger partial charge in [-0.15, -0.1) is 0 Å². The quantitative estimate of drug-likeness (QED) is 0.198. The molecule has 206 valence electrons. The van der Waals surface area contributed by atoms with Gasteiger partial charge in [-0.1, -0.05) is 25.1 Å². The second-order valence-corrected chi connectivity index (χ2v) is 9.79. The largest absolute Gasteiger partial charge is 0.481 e. The van der Waals surface area contributed by atoms with Crippen molar-refractivity contribution in [3.63, 3.8) is 0 Å². The number of carbonyl (C=O) groups is 4. The molecule has 2 amide bonds. The van der Waals surface area contributed by atoms with Crippen molar-refractivity contribution in [1.82, 2.24) is 9.47 Å². The van der Waals surface area contributed by atoms with Gasteiger partial charge in [0.1, 0.15) is 12.3 Å². The molecule has 0 bridgehead atoms. The summed E-state index contributed by atoms with van der Waals surface area (Å²) in [6.07, 6.45) is 3.63. The number of hydrogen-bond donors (Lipinski definition) is 1. The fourth-order valence-corrected chi connectivity index (χ4v) is 4.45. The third kappa shape index (κ3) is 7.04. The number of ketones is 1. The van der Waals surface area contributed by atoms with E-state index in [2.05, 4.69) is 5.32 Å². The topological polar surface area (TPSA) is 107 Å². The molecule has 3 aromatic rings. The van der Waals surface area contributed by atoms with Crippen LogP contribution < -0.4 is 10.1 Å². The maximum atomic E-state index is 13.5. The Balaban J connectivity index is 1.61. The number of nitrogens with one attached hydrogen (secondary N) is 1. The molecule has 1 fully saturated rings. The number of para-hydroxylation sites is 1. The standard InChI is InChI=1S/C30H35N3O6/c1-4-15-32(17-21-11-12-21)30(37)28(35)25-18-33(19-27(34)38-5-2)26-14-13-22(16-24(25)26)31-29(36)20(3)39-23-9-7-6-8-10-23/h6-10,13-14,16,18,20-21H,4-5,11-12,15,17,19H2,1-3H3,(H,31,36). The molecule has 0 aliphatic heterocycles. The fraction of sp³-hybridized carbons (Fsp3) is 0.400. The smallest absolute Gasteiger partial charge is 0.325 e. The molecular weight excluding hydrogens is 498 g/mol. The predicted molar refractivity (Wildman–Crippen MR) is 148 cm³/mol. The van der Waals surface area contributed by atoms with Gasteiger partial charge in [-0.05, 0) is 69.4 Å². The van der Waals surface area contributed by atoms with Crippen molar-refractivity contribution in [3.8, 4) is 5.75 Å². The lowest BCUT2D eigenvalue weighted by molar-refractivity contribution is -0.143. The second kappa shape index (κ2) is 12.6. The maximum absolute atomic E-state index is 13.5. The Bertz CT molecular complexity index is 1350. The van der Waals surface area contributed by atoms with Gasteiger partial charge >= 0.3 is 5.97 Å². The molecule has 1 N–H and O–H groups in total. The molecule has 1 saturated carbocycles. The van der Waals surface area contributed by atoms with Crippen molar-refractivity contribution in [2.24, 2.45) is 5.92 Å². The van der Waals surface area contributed by atoms with Crippen LogP contribution in [0.5, 0.6) is 5.75 Å². The van der Waals surface area contributed by atoms with Gasteiger partial charge in [-0.3, -0.25) is 19.2 Å². The first-order valence-electron chi connectivity index (χ1n) is 13.4. The van der Waals surface area contributed by atoms with Crippen LogP contribution in [0.25, 0.3) is 10.9 Å². The summed E-state index contributed by atoms with van der Waals surface area (Å²) >= 11 is 0. The first-order chi connectivity index (χ1) is 18.8. The molecule has 0 spiro atoms. The van der Waals surface area contributed by atoms with Gasteiger partial charge in [0.25, 0.3) is 17.6 Å². The molecule has 1 atom stereocenters. The molecule has 1 unspecified atom stereocenters. The third-order valence-corrected chi connectivity index (χ3v) is 6.57. The molecule has 39 heavy (non-hydrogen) atoms. The number of fused-ring (bicyclic) bond motifs is 1. The Kier molecular flexibility index (Phi) is 9.01. The zero-order chi connectivity index (χ0) is 27.9. The van der Waals surface area contributed by atoms with Gasteiger partial charge in [-0.25, -0.2) is 0 Å². The lowest BCUT2D eigenvalue weighted by Gasteiger charge is -2.21. The van der Waals surface area contributed by atoms with Gasteiger partial charge in [0.15, 0.2) is 6.10 Å². The van der Waals surface area contributed by atoms with Crippen LogP contribution in [0.15, 0.2) is 54.7 Å². The number of nitrogens with zero attached hydrogens (tertiary/aromatic N) is 2. The molecule has 9 nitrogen and oxygen atoms in total. The van der Waals surface area contributed by atoms with E-state index >= 15 is 0 Å². The summed E-state index contributed by atoms with van der Waals surface area (Å²) < 4.78 is 12.4. The first-order valence-corrected chi connectivity index (χ1v) is 13.4. The van der Waals surface area contributed by atoms with E-state index in [0.717, 1.165) is 19.3 Å². The number of ether oxygens (including phenoxy) is 2. The molecule has 1 heterocycles. The molecule has 9 heteroatoms. The Morgan fingerprint density at radius 3 is 2.49 bits per heavy atom. The van der Waals surface area contributed by atoms with E-state index in [9.17, 15) is 19.2 Å². The highest BCUT2D eigenvalue weighted by molar-refractivity contribution is 6.45. The number of hydrogen-bond acceptors (Lipinski definition) is 6. The zero-order valence-electron chi connectivity index (χ0n) is 22.6.